The molecule has 2 saturated carbocycles. The maximum Gasteiger partial charge on any atom is 0.417 e. The van der Waals surface area contributed by atoms with E-state index in [1.54, 1.807) is 0 Å². The Bertz CT molecular complexity index is 1070. The van der Waals surface area contributed by atoms with Crippen molar-refractivity contribution in [3.63, 3.8) is 0 Å². The lowest BCUT2D eigenvalue weighted by Gasteiger charge is -2.25. The summed E-state index contributed by atoms with van der Waals surface area (Å²) in [6.07, 6.45) is 0.943. The van der Waals surface area contributed by atoms with Crippen molar-refractivity contribution in [1.82, 2.24) is 21.3 Å². The fourth-order valence-electron chi connectivity index (χ4n) is 6.63. The van der Waals surface area contributed by atoms with E-state index in [0.29, 0.717) is 0 Å². The second kappa shape index (κ2) is 10.1. The quantitative estimate of drug-likeness (QED) is 0.312. The first kappa shape index (κ1) is 25.5. The van der Waals surface area contributed by atoms with Gasteiger partial charge in [0, 0.05) is 61.2 Å². The Hall–Kier alpha value is -2.78. The topological polar surface area (TPSA) is 101 Å². The van der Waals surface area contributed by atoms with Crippen molar-refractivity contribution in [2.24, 2.45) is 10.8 Å². The van der Waals surface area contributed by atoms with Crippen molar-refractivity contribution in [3.8, 4) is 0 Å². The van der Waals surface area contributed by atoms with E-state index in [-0.39, 0.29) is 47.2 Å². The molecule has 2 aliphatic carbocycles. The van der Waals surface area contributed by atoms with Crippen LogP contribution in [0, 0.1) is 10.8 Å². The molecule has 2 aromatic rings. The number of rotatable bonds is 8. The van der Waals surface area contributed by atoms with Gasteiger partial charge in [-0.3, -0.25) is 0 Å². The highest BCUT2D eigenvalue weighted by Crippen LogP contribution is 2.54. The number of benzene rings is 2. The molecule has 0 amide bonds. The van der Waals surface area contributed by atoms with Crippen LogP contribution in [-0.4, -0.2) is 62.4 Å². The summed E-state index contributed by atoms with van der Waals surface area (Å²) < 4.78 is 11.4. The fourth-order valence-corrected chi connectivity index (χ4v) is 6.63. The van der Waals surface area contributed by atoms with Gasteiger partial charge < -0.3 is 30.7 Å². The van der Waals surface area contributed by atoms with Gasteiger partial charge in [-0.15, -0.1) is 0 Å². The van der Waals surface area contributed by atoms with E-state index >= 15 is 0 Å². The van der Waals surface area contributed by atoms with E-state index in [1.165, 1.54) is 11.1 Å². The summed E-state index contributed by atoms with van der Waals surface area (Å²) in [6, 6.07) is 21.3. The molecule has 8 heteroatoms. The number of nitrogens with one attached hydrogen (secondary N) is 4. The monoisotopic (exact) mass is 518 g/mol. The predicted molar refractivity (Wildman–Crippen MR) is 143 cm³/mol. The number of ether oxygens (including phenoxy) is 2. The zero-order valence-corrected chi connectivity index (χ0v) is 22.1. The van der Waals surface area contributed by atoms with Crippen LogP contribution >= 0.6 is 0 Å². The number of hydrogen-bond donors (Lipinski definition) is 4. The molecule has 8 nitrogen and oxygen atoms in total. The molecule has 4 N–H and O–H groups in total. The molecule has 2 saturated heterocycles. The van der Waals surface area contributed by atoms with Crippen molar-refractivity contribution < 1.29 is 19.1 Å². The van der Waals surface area contributed by atoms with Crippen LogP contribution in [0.25, 0.3) is 0 Å². The zero-order valence-electron chi connectivity index (χ0n) is 22.1. The minimum Gasteiger partial charge on any atom is -0.453 e. The Balaban J connectivity index is 1.00. The Morgan fingerprint density at radius 1 is 0.737 bits per heavy atom. The molecule has 0 aromatic heterocycles. The van der Waals surface area contributed by atoms with E-state index < -0.39 is 11.9 Å². The van der Waals surface area contributed by atoms with Crippen LogP contribution in [0.1, 0.15) is 49.9 Å². The summed E-state index contributed by atoms with van der Waals surface area (Å²) in [5.41, 5.74) is 2.10. The Labute approximate surface area is 224 Å². The Morgan fingerprint density at radius 3 is 1.53 bits per heavy atom. The van der Waals surface area contributed by atoms with Crippen LogP contribution in [0.5, 0.6) is 0 Å². The average molecular weight is 519 g/mol. The van der Waals surface area contributed by atoms with Gasteiger partial charge in [-0.25, -0.2) is 9.59 Å². The summed E-state index contributed by atoms with van der Waals surface area (Å²) in [5, 5.41) is 14.3. The van der Waals surface area contributed by atoms with E-state index in [2.05, 4.69) is 59.4 Å². The Kier molecular flexibility index (Phi) is 6.76. The van der Waals surface area contributed by atoms with Crippen LogP contribution in [0.15, 0.2) is 60.7 Å². The van der Waals surface area contributed by atoms with Crippen LogP contribution in [0.4, 0.5) is 0 Å². The van der Waals surface area contributed by atoms with Crippen LogP contribution in [0.2, 0.25) is 0 Å². The van der Waals surface area contributed by atoms with Gasteiger partial charge in [0.25, 0.3) is 0 Å². The fraction of sp³-hybridized carbons (Fsp3) is 0.533. The summed E-state index contributed by atoms with van der Waals surface area (Å²) >= 11 is 0. The third kappa shape index (κ3) is 4.75. The summed E-state index contributed by atoms with van der Waals surface area (Å²) in [6.45, 7) is 7.45. The minimum atomic E-state index is -0.871. The normalized spacial score (nSPS) is 34.7. The first-order chi connectivity index (χ1) is 18.4. The van der Waals surface area contributed by atoms with Gasteiger partial charge in [0.1, 0.15) is 12.2 Å². The average Bonchev–Trinajstić information content (AvgIpc) is 3.69. The molecule has 6 rings (SSSR count). The summed E-state index contributed by atoms with van der Waals surface area (Å²) in [7, 11) is 0. The minimum absolute atomic E-state index is 0.168. The SMILES string of the molecule is C[C@H](N[C@@H]1CNCC12CC2OC(=O)C(=O)OC1CC12CNC[C@H]2N[C@@H](C)c1ccccc1)c1ccccc1. The summed E-state index contributed by atoms with van der Waals surface area (Å²) in [4.78, 5) is 25.5. The second-order valence-corrected chi connectivity index (χ2v) is 11.6. The molecule has 8 atom stereocenters. The van der Waals surface area contributed by atoms with Crippen LogP contribution in [0.3, 0.4) is 0 Å². The molecule has 4 unspecified atom stereocenters. The molecule has 0 bridgehead atoms. The lowest BCUT2D eigenvalue weighted by molar-refractivity contribution is -0.170. The predicted octanol–water partition coefficient (Wildman–Crippen LogP) is 2.24. The van der Waals surface area contributed by atoms with Gasteiger partial charge in [0.2, 0.25) is 0 Å². The van der Waals surface area contributed by atoms with Gasteiger partial charge in [0.05, 0.1) is 0 Å². The zero-order chi connectivity index (χ0) is 26.3. The lowest BCUT2D eigenvalue weighted by atomic mass is 9.98. The maximum absolute atomic E-state index is 12.7. The highest BCUT2D eigenvalue weighted by molar-refractivity contribution is 6.29. The smallest absolute Gasteiger partial charge is 0.417 e. The van der Waals surface area contributed by atoms with E-state index in [4.69, 9.17) is 9.47 Å². The lowest BCUT2D eigenvalue weighted by Crippen LogP contribution is -2.41. The third-order valence-electron chi connectivity index (χ3n) is 9.25. The van der Waals surface area contributed by atoms with Gasteiger partial charge >= 0.3 is 11.9 Å². The molecule has 2 heterocycles. The highest BCUT2D eigenvalue weighted by atomic mass is 16.6. The maximum atomic E-state index is 12.7. The first-order valence-corrected chi connectivity index (χ1v) is 13.9. The number of esters is 2. The van der Waals surface area contributed by atoms with Crippen molar-refractivity contribution in [2.75, 3.05) is 26.2 Å². The molecule has 4 aliphatic rings. The number of carbonyl (C=O) groups excluding carboxylic acids is 2. The largest absolute Gasteiger partial charge is 0.453 e. The van der Waals surface area contributed by atoms with Crippen molar-refractivity contribution >= 4 is 11.9 Å². The summed E-state index contributed by atoms with van der Waals surface area (Å²) in [5.74, 6) is -1.74. The number of hydrogen-bond acceptors (Lipinski definition) is 8. The third-order valence-corrected chi connectivity index (χ3v) is 9.25. The number of carbonyl (C=O) groups is 2. The Morgan fingerprint density at radius 2 is 1.13 bits per heavy atom. The van der Waals surface area contributed by atoms with E-state index in [1.807, 2.05) is 36.4 Å². The highest BCUT2D eigenvalue weighted by Gasteiger charge is 2.66. The molecular formula is C30H38N4O4. The van der Waals surface area contributed by atoms with E-state index in [0.717, 1.165) is 39.0 Å². The van der Waals surface area contributed by atoms with E-state index in [9.17, 15) is 9.59 Å². The van der Waals surface area contributed by atoms with Crippen molar-refractivity contribution in [1.29, 1.82) is 0 Å². The molecule has 2 aromatic carbocycles. The molecule has 38 heavy (non-hydrogen) atoms. The molecule has 202 valence electrons. The standard InChI is InChI=1S/C30H38N4O4/c1-19(21-9-5-3-6-10-21)33-23-15-31-17-29(23)13-25(29)37-27(35)28(36)38-26-14-30(26)18-32-16-24(30)34-20(2)22-11-7-4-8-12-22/h3-12,19-20,23-26,31-34H,13-18H2,1-2H3/t19-,20-,23+,24+,25?,26?,29?,30?/m0/s1. The van der Waals surface area contributed by atoms with Gasteiger partial charge in [-0.05, 0) is 37.8 Å². The van der Waals surface area contributed by atoms with Gasteiger partial charge in [0.15, 0.2) is 0 Å². The van der Waals surface area contributed by atoms with Crippen molar-refractivity contribution in [2.45, 2.75) is 63.1 Å². The van der Waals surface area contributed by atoms with Gasteiger partial charge in [-0.2, -0.15) is 0 Å². The molecular weight excluding hydrogens is 480 g/mol. The van der Waals surface area contributed by atoms with Crippen molar-refractivity contribution in [3.05, 3.63) is 71.8 Å². The first-order valence-electron chi connectivity index (χ1n) is 13.9. The van der Waals surface area contributed by atoms with Crippen LogP contribution < -0.4 is 21.3 Å². The van der Waals surface area contributed by atoms with Crippen LogP contribution in [-0.2, 0) is 19.1 Å². The molecule has 4 fully saturated rings. The second-order valence-electron chi connectivity index (χ2n) is 11.6. The molecule has 0 radical (unpaired) electrons. The van der Waals surface area contributed by atoms with Gasteiger partial charge in [-0.1, -0.05) is 60.7 Å². The molecule has 2 aliphatic heterocycles. The molecule has 2 spiro atoms.